The van der Waals surface area contributed by atoms with Gasteiger partial charge in [-0.05, 0) is 24.6 Å². The summed E-state index contributed by atoms with van der Waals surface area (Å²) in [7, 11) is 1.27. The lowest BCUT2D eigenvalue weighted by Gasteiger charge is -2.04. The van der Waals surface area contributed by atoms with Gasteiger partial charge in [0.2, 0.25) is 0 Å². The zero-order valence-electron chi connectivity index (χ0n) is 12.1. The minimum absolute atomic E-state index is 0.0295. The maximum Gasteiger partial charge on any atom is 0.348 e. The summed E-state index contributed by atoms with van der Waals surface area (Å²) in [6.07, 6.45) is 0. The van der Waals surface area contributed by atoms with E-state index in [0.29, 0.717) is 15.4 Å². The highest BCUT2D eigenvalue weighted by Gasteiger charge is 2.18. The molecule has 0 aliphatic carbocycles. The number of hydrogen-bond acceptors (Lipinski definition) is 6. The van der Waals surface area contributed by atoms with Crippen LogP contribution in [0.3, 0.4) is 0 Å². The molecule has 23 heavy (non-hydrogen) atoms. The topological polar surface area (TPSA) is 98.5 Å². The highest BCUT2D eigenvalue weighted by Crippen LogP contribution is 2.29. The number of nitrogens with zero attached hydrogens (tertiary/aromatic N) is 1. The van der Waals surface area contributed by atoms with Crippen LogP contribution >= 0.6 is 22.9 Å². The van der Waals surface area contributed by atoms with E-state index in [9.17, 15) is 19.7 Å². The van der Waals surface area contributed by atoms with Crippen LogP contribution in [-0.2, 0) is 4.74 Å². The summed E-state index contributed by atoms with van der Waals surface area (Å²) in [5.74, 6) is -1.01. The Hall–Kier alpha value is -2.45. The zero-order valence-corrected chi connectivity index (χ0v) is 13.7. The molecule has 0 saturated carbocycles. The van der Waals surface area contributed by atoms with Crippen LogP contribution in [0.4, 0.5) is 10.7 Å². The van der Waals surface area contributed by atoms with Crippen molar-refractivity contribution in [2.75, 3.05) is 12.4 Å². The van der Waals surface area contributed by atoms with E-state index in [0.717, 1.165) is 17.4 Å². The molecule has 0 radical (unpaired) electrons. The summed E-state index contributed by atoms with van der Waals surface area (Å²) in [4.78, 5) is 34.2. The number of carbonyl (C=O) groups excluding carboxylic acids is 2. The van der Waals surface area contributed by atoms with Gasteiger partial charge in [0.25, 0.3) is 11.6 Å². The number of nitro benzene ring substituents is 1. The summed E-state index contributed by atoms with van der Waals surface area (Å²) in [6, 6.07) is 5.21. The van der Waals surface area contributed by atoms with Crippen LogP contribution in [-0.4, -0.2) is 23.9 Å². The molecule has 2 rings (SSSR count). The Morgan fingerprint density at radius 3 is 2.61 bits per heavy atom. The van der Waals surface area contributed by atoms with E-state index in [2.05, 4.69) is 10.1 Å². The molecule has 1 aromatic carbocycles. The van der Waals surface area contributed by atoms with E-state index in [1.165, 1.54) is 19.2 Å². The van der Waals surface area contributed by atoms with Gasteiger partial charge in [-0.25, -0.2) is 4.79 Å². The van der Waals surface area contributed by atoms with Gasteiger partial charge in [-0.2, -0.15) is 0 Å². The largest absolute Gasteiger partial charge is 0.465 e. The maximum atomic E-state index is 12.2. The molecule has 1 aromatic heterocycles. The molecule has 1 heterocycles. The molecule has 0 saturated heterocycles. The molecule has 1 amide bonds. The number of rotatable bonds is 4. The van der Waals surface area contributed by atoms with Gasteiger partial charge in [0.15, 0.2) is 0 Å². The second-order valence-electron chi connectivity index (χ2n) is 4.49. The molecular formula is C14H11ClN2O5S. The number of hydrogen-bond donors (Lipinski definition) is 1. The van der Waals surface area contributed by atoms with Crippen molar-refractivity contribution in [2.24, 2.45) is 0 Å². The van der Waals surface area contributed by atoms with Crippen molar-refractivity contribution < 1.29 is 19.2 Å². The monoisotopic (exact) mass is 354 g/mol. The number of aryl methyl sites for hydroxylation is 1. The molecule has 1 N–H and O–H groups in total. The Morgan fingerprint density at radius 2 is 2.04 bits per heavy atom. The van der Waals surface area contributed by atoms with Gasteiger partial charge in [-0.15, -0.1) is 11.3 Å². The average Bonchev–Trinajstić information content (AvgIpc) is 2.86. The van der Waals surface area contributed by atoms with Crippen molar-refractivity contribution in [3.05, 3.63) is 55.4 Å². The minimum atomic E-state index is -0.598. The highest BCUT2D eigenvalue weighted by atomic mass is 35.5. The fourth-order valence-electron chi connectivity index (χ4n) is 1.82. The van der Waals surface area contributed by atoms with Crippen molar-refractivity contribution >= 4 is 45.5 Å². The van der Waals surface area contributed by atoms with E-state index in [1.807, 2.05) is 0 Å². The number of halogens is 1. The molecule has 0 atom stereocenters. The number of nitrogens with one attached hydrogen (secondary N) is 1. The van der Waals surface area contributed by atoms with Gasteiger partial charge >= 0.3 is 5.97 Å². The van der Waals surface area contributed by atoms with Crippen molar-refractivity contribution in [3.63, 3.8) is 0 Å². The van der Waals surface area contributed by atoms with Gasteiger partial charge in [-0.1, -0.05) is 11.6 Å². The fraction of sp³-hybridized carbons (Fsp3) is 0.143. The molecule has 0 spiro atoms. The SMILES string of the molecule is COC(=O)c1sc(NC(=O)c2ccc([N+](=O)[O-])cc2Cl)cc1C. The van der Waals surface area contributed by atoms with Crippen molar-refractivity contribution in [1.29, 1.82) is 0 Å². The number of methoxy groups -OCH3 is 1. The van der Waals surface area contributed by atoms with E-state index in [1.54, 1.807) is 13.0 Å². The minimum Gasteiger partial charge on any atom is -0.465 e. The number of thiophene rings is 1. The molecule has 0 aliphatic heterocycles. The van der Waals surface area contributed by atoms with Gasteiger partial charge in [0, 0.05) is 12.1 Å². The Morgan fingerprint density at radius 1 is 1.35 bits per heavy atom. The molecule has 120 valence electrons. The summed E-state index contributed by atoms with van der Waals surface area (Å²) in [6.45, 7) is 1.72. The molecule has 0 aliphatic rings. The van der Waals surface area contributed by atoms with Crippen LogP contribution in [0.15, 0.2) is 24.3 Å². The van der Waals surface area contributed by atoms with Gasteiger partial charge < -0.3 is 10.1 Å². The van der Waals surface area contributed by atoms with Crippen LogP contribution in [0.1, 0.15) is 25.6 Å². The molecule has 0 bridgehead atoms. The molecular weight excluding hydrogens is 344 g/mol. The molecule has 0 fully saturated rings. The van der Waals surface area contributed by atoms with E-state index in [-0.39, 0.29) is 16.3 Å². The number of nitro groups is 1. The second kappa shape index (κ2) is 6.76. The standard InChI is InChI=1S/C14H11ClN2O5S/c1-7-5-11(23-12(7)14(19)22-2)16-13(18)9-4-3-8(17(20)21)6-10(9)15/h3-6H,1-2H3,(H,16,18). The first-order chi connectivity index (χ1) is 10.8. The number of esters is 1. The Bertz CT molecular complexity index is 802. The Balaban J connectivity index is 2.23. The molecule has 2 aromatic rings. The lowest BCUT2D eigenvalue weighted by Crippen LogP contribution is -2.11. The summed E-state index contributed by atoms with van der Waals surface area (Å²) in [5, 5.41) is 13.7. The third kappa shape index (κ3) is 3.66. The van der Waals surface area contributed by atoms with Crippen molar-refractivity contribution in [3.8, 4) is 0 Å². The highest BCUT2D eigenvalue weighted by molar-refractivity contribution is 7.18. The third-order valence-electron chi connectivity index (χ3n) is 2.93. The lowest BCUT2D eigenvalue weighted by molar-refractivity contribution is -0.384. The average molecular weight is 355 g/mol. The number of amides is 1. The summed E-state index contributed by atoms with van der Waals surface area (Å²) < 4.78 is 4.65. The number of anilines is 1. The second-order valence-corrected chi connectivity index (χ2v) is 5.95. The summed E-state index contributed by atoms with van der Waals surface area (Å²) in [5.41, 5.74) is 0.571. The maximum absolute atomic E-state index is 12.2. The number of ether oxygens (including phenoxy) is 1. The number of benzene rings is 1. The third-order valence-corrected chi connectivity index (χ3v) is 4.38. The van der Waals surface area contributed by atoms with E-state index >= 15 is 0 Å². The Labute approximate surface area is 140 Å². The molecule has 9 heteroatoms. The normalized spacial score (nSPS) is 10.2. The first kappa shape index (κ1) is 16.9. The zero-order chi connectivity index (χ0) is 17.1. The van der Waals surface area contributed by atoms with Crippen LogP contribution in [0.25, 0.3) is 0 Å². The van der Waals surface area contributed by atoms with Crippen LogP contribution < -0.4 is 5.32 Å². The number of non-ortho nitro benzene ring substituents is 1. The van der Waals surface area contributed by atoms with Gasteiger partial charge in [0.1, 0.15) is 4.88 Å². The predicted octanol–water partition coefficient (Wildman–Crippen LogP) is 3.66. The smallest absolute Gasteiger partial charge is 0.348 e. The van der Waals surface area contributed by atoms with Crippen LogP contribution in [0.2, 0.25) is 5.02 Å². The predicted molar refractivity (Wildman–Crippen MR) is 86.5 cm³/mol. The quantitative estimate of drug-likeness (QED) is 0.513. The van der Waals surface area contributed by atoms with Crippen LogP contribution in [0.5, 0.6) is 0 Å². The summed E-state index contributed by atoms with van der Waals surface area (Å²) >= 11 is 6.98. The van der Waals surface area contributed by atoms with Crippen LogP contribution in [0, 0.1) is 17.0 Å². The first-order valence-electron chi connectivity index (χ1n) is 6.27. The lowest BCUT2D eigenvalue weighted by atomic mass is 10.2. The fourth-order valence-corrected chi connectivity index (χ4v) is 3.07. The van der Waals surface area contributed by atoms with E-state index < -0.39 is 16.8 Å². The number of carbonyl (C=O) groups is 2. The molecule has 7 nitrogen and oxygen atoms in total. The van der Waals surface area contributed by atoms with Crippen molar-refractivity contribution in [1.82, 2.24) is 0 Å². The van der Waals surface area contributed by atoms with Gasteiger partial charge in [-0.3, -0.25) is 14.9 Å². The molecule has 0 unspecified atom stereocenters. The van der Waals surface area contributed by atoms with Crippen molar-refractivity contribution in [2.45, 2.75) is 6.92 Å². The Kier molecular flexibility index (Phi) is 4.97. The van der Waals surface area contributed by atoms with E-state index in [4.69, 9.17) is 11.6 Å². The van der Waals surface area contributed by atoms with Gasteiger partial charge in [0.05, 0.1) is 27.6 Å². The first-order valence-corrected chi connectivity index (χ1v) is 7.47.